The van der Waals surface area contributed by atoms with Gasteiger partial charge in [0.25, 0.3) is 0 Å². The predicted octanol–water partition coefficient (Wildman–Crippen LogP) is 2.77. The summed E-state index contributed by atoms with van der Waals surface area (Å²) in [6, 6.07) is 4.57. The van der Waals surface area contributed by atoms with Crippen LogP contribution in [0.1, 0.15) is 12.8 Å². The number of piperidine rings is 1. The second kappa shape index (κ2) is 7.61. The number of hydrogen-bond donors (Lipinski definition) is 1. The maximum absolute atomic E-state index is 13.9. The third-order valence-electron chi connectivity index (χ3n) is 3.64. The van der Waals surface area contributed by atoms with Crippen molar-refractivity contribution in [3.8, 4) is 5.75 Å². The molecule has 4 nitrogen and oxygen atoms in total. The highest BCUT2D eigenvalue weighted by Crippen LogP contribution is 2.25. The van der Waals surface area contributed by atoms with Gasteiger partial charge in [0.2, 0.25) is 0 Å². The molecule has 0 bridgehead atoms. The van der Waals surface area contributed by atoms with Crippen molar-refractivity contribution in [3.05, 3.63) is 24.0 Å². The van der Waals surface area contributed by atoms with Gasteiger partial charge in [-0.1, -0.05) is 0 Å². The van der Waals surface area contributed by atoms with Crippen LogP contribution >= 0.6 is 11.6 Å². The largest absolute Gasteiger partial charge is 0.490 e. The minimum atomic E-state index is -0.424. The molecule has 0 unspecified atom stereocenters. The zero-order valence-corrected chi connectivity index (χ0v) is 12.9. The highest BCUT2D eigenvalue weighted by Gasteiger charge is 2.17. The Bertz CT molecular complexity index is 502. The maximum atomic E-state index is 13.9. The number of aliphatic imine (C=N–C) groups is 1. The molecule has 0 radical (unpaired) electrons. The Morgan fingerprint density at radius 3 is 2.81 bits per heavy atom. The molecule has 1 heterocycles. The van der Waals surface area contributed by atoms with Gasteiger partial charge in [0.15, 0.2) is 11.6 Å². The van der Waals surface area contributed by atoms with Gasteiger partial charge in [-0.25, -0.2) is 9.38 Å². The fourth-order valence-electron chi connectivity index (χ4n) is 2.31. The van der Waals surface area contributed by atoms with Crippen LogP contribution in [0.25, 0.3) is 0 Å². The minimum absolute atomic E-state index is 0.121. The van der Waals surface area contributed by atoms with Crippen LogP contribution in [0.15, 0.2) is 23.2 Å². The number of benzene rings is 1. The molecule has 1 aromatic carbocycles. The SMILES string of the molecule is CN1CCC(COc2ccc(N=C(N)CCl)cc2F)CC1. The summed E-state index contributed by atoms with van der Waals surface area (Å²) in [6.07, 6.45) is 2.18. The van der Waals surface area contributed by atoms with Gasteiger partial charge in [-0.15, -0.1) is 11.6 Å². The summed E-state index contributed by atoms with van der Waals surface area (Å²) in [4.78, 5) is 6.30. The molecule has 0 saturated carbocycles. The highest BCUT2D eigenvalue weighted by molar-refractivity contribution is 6.28. The first kappa shape index (κ1) is 16.0. The smallest absolute Gasteiger partial charge is 0.167 e. The molecule has 6 heteroatoms. The van der Waals surface area contributed by atoms with Gasteiger partial charge in [0.1, 0.15) is 5.84 Å². The normalized spacial score (nSPS) is 18.0. The second-order valence-electron chi connectivity index (χ2n) is 5.41. The summed E-state index contributed by atoms with van der Waals surface area (Å²) in [5.41, 5.74) is 5.96. The van der Waals surface area contributed by atoms with E-state index in [1.807, 2.05) is 0 Å². The molecule has 116 valence electrons. The van der Waals surface area contributed by atoms with Crippen molar-refractivity contribution in [2.75, 3.05) is 32.6 Å². The molecular formula is C15H21ClFN3O. The number of halogens is 2. The van der Waals surface area contributed by atoms with Gasteiger partial charge < -0.3 is 15.4 Å². The molecule has 0 aromatic heterocycles. The van der Waals surface area contributed by atoms with E-state index in [2.05, 4.69) is 16.9 Å². The van der Waals surface area contributed by atoms with E-state index in [9.17, 15) is 4.39 Å². The Kier molecular flexibility index (Phi) is 5.82. The van der Waals surface area contributed by atoms with Crippen LogP contribution < -0.4 is 10.5 Å². The van der Waals surface area contributed by atoms with Gasteiger partial charge >= 0.3 is 0 Å². The van der Waals surface area contributed by atoms with Crippen LogP contribution in [0.4, 0.5) is 10.1 Å². The van der Waals surface area contributed by atoms with Crippen molar-refractivity contribution >= 4 is 23.1 Å². The summed E-state index contributed by atoms with van der Waals surface area (Å²) in [5, 5.41) is 0. The topological polar surface area (TPSA) is 50.8 Å². The predicted molar refractivity (Wildman–Crippen MR) is 84.1 cm³/mol. The van der Waals surface area contributed by atoms with E-state index in [0.29, 0.717) is 18.2 Å². The van der Waals surface area contributed by atoms with Gasteiger partial charge in [-0.05, 0) is 51.0 Å². The molecule has 1 fully saturated rings. The lowest BCUT2D eigenvalue weighted by Gasteiger charge is -2.28. The molecule has 0 spiro atoms. The minimum Gasteiger partial charge on any atom is -0.490 e. The number of likely N-dealkylation sites (tertiary alicyclic amines) is 1. The number of rotatable bonds is 5. The van der Waals surface area contributed by atoms with Gasteiger partial charge in [0, 0.05) is 6.07 Å². The van der Waals surface area contributed by atoms with Crippen LogP contribution in [0.5, 0.6) is 5.75 Å². The van der Waals surface area contributed by atoms with Gasteiger partial charge in [0.05, 0.1) is 18.2 Å². The summed E-state index contributed by atoms with van der Waals surface area (Å²) < 4.78 is 19.5. The quantitative estimate of drug-likeness (QED) is 0.516. The summed E-state index contributed by atoms with van der Waals surface area (Å²) in [7, 11) is 2.11. The maximum Gasteiger partial charge on any atom is 0.167 e. The molecule has 1 aromatic rings. The van der Waals surface area contributed by atoms with Gasteiger partial charge in [-0.3, -0.25) is 0 Å². The van der Waals surface area contributed by atoms with E-state index in [-0.39, 0.29) is 17.5 Å². The van der Waals surface area contributed by atoms with Crippen molar-refractivity contribution < 1.29 is 9.13 Å². The fourth-order valence-corrected chi connectivity index (χ4v) is 2.37. The molecular weight excluding hydrogens is 293 g/mol. The molecule has 1 saturated heterocycles. The molecule has 2 rings (SSSR count). The first-order valence-electron chi connectivity index (χ1n) is 7.08. The van der Waals surface area contributed by atoms with Crippen molar-refractivity contribution in [2.24, 2.45) is 16.6 Å². The first-order chi connectivity index (χ1) is 10.1. The van der Waals surface area contributed by atoms with Crippen molar-refractivity contribution in [2.45, 2.75) is 12.8 Å². The molecule has 21 heavy (non-hydrogen) atoms. The highest BCUT2D eigenvalue weighted by atomic mass is 35.5. The number of amidine groups is 1. The van der Waals surface area contributed by atoms with Crippen molar-refractivity contribution in [1.82, 2.24) is 4.90 Å². The van der Waals surface area contributed by atoms with E-state index < -0.39 is 5.82 Å². The first-order valence-corrected chi connectivity index (χ1v) is 7.62. The molecule has 0 amide bonds. The molecule has 0 atom stereocenters. The van der Waals surface area contributed by atoms with Crippen molar-refractivity contribution in [3.63, 3.8) is 0 Å². The average Bonchev–Trinajstić information content (AvgIpc) is 2.48. The monoisotopic (exact) mass is 313 g/mol. The van der Waals surface area contributed by atoms with Crippen molar-refractivity contribution in [1.29, 1.82) is 0 Å². The Balaban J connectivity index is 1.92. The lowest BCUT2D eigenvalue weighted by atomic mass is 9.98. The lowest BCUT2D eigenvalue weighted by molar-refractivity contribution is 0.157. The number of hydrogen-bond acceptors (Lipinski definition) is 3. The van der Waals surface area contributed by atoms with E-state index >= 15 is 0 Å². The van der Waals surface area contributed by atoms with Crippen LogP contribution in [0, 0.1) is 11.7 Å². The van der Waals surface area contributed by atoms with E-state index in [1.165, 1.54) is 6.07 Å². The molecule has 1 aliphatic heterocycles. The fraction of sp³-hybridized carbons (Fsp3) is 0.533. The Morgan fingerprint density at radius 1 is 1.48 bits per heavy atom. The third-order valence-corrected chi connectivity index (χ3v) is 3.91. The number of ether oxygens (including phenoxy) is 1. The van der Waals surface area contributed by atoms with Crippen LogP contribution in [-0.4, -0.2) is 43.4 Å². The number of nitrogens with zero attached hydrogens (tertiary/aromatic N) is 2. The van der Waals surface area contributed by atoms with Crippen LogP contribution in [-0.2, 0) is 0 Å². The number of alkyl halides is 1. The summed E-state index contributed by atoms with van der Waals surface area (Å²) in [6.45, 7) is 2.70. The van der Waals surface area contributed by atoms with E-state index in [0.717, 1.165) is 25.9 Å². The zero-order chi connectivity index (χ0) is 15.2. The van der Waals surface area contributed by atoms with E-state index in [4.69, 9.17) is 22.1 Å². The zero-order valence-electron chi connectivity index (χ0n) is 12.2. The van der Waals surface area contributed by atoms with Crippen LogP contribution in [0.3, 0.4) is 0 Å². The Labute approximate surface area is 129 Å². The average molecular weight is 314 g/mol. The van der Waals surface area contributed by atoms with Crippen LogP contribution in [0.2, 0.25) is 0 Å². The number of nitrogens with two attached hydrogens (primary N) is 1. The second-order valence-corrected chi connectivity index (χ2v) is 5.68. The molecule has 0 aliphatic carbocycles. The lowest BCUT2D eigenvalue weighted by Crippen LogP contribution is -2.32. The Hall–Kier alpha value is -1.33. The Morgan fingerprint density at radius 2 is 2.19 bits per heavy atom. The van der Waals surface area contributed by atoms with E-state index in [1.54, 1.807) is 12.1 Å². The summed E-state index contributed by atoms with van der Waals surface area (Å²) >= 11 is 5.54. The summed E-state index contributed by atoms with van der Waals surface area (Å²) in [5.74, 6) is 0.709. The standard InChI is InChI=1S/C15H21ClFN3O/c1-20-6-4-11(5-7-20)10-21-14-3-2-12(8-13(14)17)19-15(18)9-16/h2-3,8,11H,4-7,9-10H2,1H3,(H2,18,19). The third kappa shape index (κ3) is 4.86. The molecule has 2 N–H and O–H groups in total. The van der Waals surface area contributed by atoms with Gasteiger partial charge in [-0.2, -0.15) is 0 Å². The molecule has 1 aliphatic rings.